The Hall–Kier alpha value is -4.32. The van der Waals surface area contributed by atoms with Gasteiger partial charge in [-0.3, -0.25) is 9.97 Å². The Morgan fingerprint density at radius 3 is 1.27 bits per heavy atom. The molecule has 4 aromatic heterocycles. The minimum atomic E-state index is 0. The zero-order valence-corrected chi connectivity index (χ0v) is 21.4. The summed E-state index contributed by atoms with van der Waals surface area (Å²) in [7, 11) is 0. The van der Waals surface area contributed by atoms with Crippen molar-refractivity contribution < 1.29 is 17.1 Å². The molecule has 37 heavy (non-hydrogen) atoms. The van der Waals surface area contributed by atoms with E-state index in [1.54, 1.807) is 0 Å². The van der Waals surface area contributed by atoms with Crippen molar-refractivity contribution in [1.29, 1.82) is 0 Å². The molecule has 0 bridgehead atoms. The summed E-state index contributed by atoms with van der Waals surface area (Å²) in [5.41, 5.74) is 17.3. The number of fused-ring (bicyclic) bond motifs is 2. The first-order valence-corrected chi connectivity index (χ1v) is 11.7. The standard InChI is InChI=1S/2C15H13N3.Cu/c2*1-10-5-4-8-13(17-10)14-9-11-6-2-3-7-12(11)15(16)18-14;/h2*2-9H,1H3,(H2,16,18);/q;;+1. The molecule has 0 aliphatic heterocycles. The number of hydrogen-bond donors (Lipinski definition) is 2. The van der Waals surface area contributed by atoms with E-state index in [9.17, 15) is 0 Å². The Morgan fingerprint density at radius 2 is 0.865 bits per heavy atom. The van der Waals surface area contributed by atoms with Crippen LogP contribution in [0, 0.1) is 13.8 Å². The van der Waals surface area contributed by atoms with Gasteiger partial charge in [0.2, 0.25) is 0 Å². The van der Waals surface area contributed by atoms with Crippen molar-refractivity contribution in [2.24, 2.45) is 0 Å². The number of hydrogen-bond acceptors (Lipinski definition) is 6. The predicted molar refractivity (Wildman–Crippen MR) is 148 cm³/mol. The second-order valence-corrected chi connectivity index (χ2v) is 8.56. The van der Waals surface area contributed by atoms with Crippen molar-refractivity contribution in [3.05, 3.63) is 108 Å². The van der Waals surface area contributed by atoms with Gasteiger partial charge in [0.1, 0.15) is 11.6 Å². The quantitative estimate of drug-likeness (QED) is 0.250. The number of nitrogens with zero attached hydrogens (tertiary/aromatic N) is 4. The van der Waals surface area contributed by atoms with Crippen molar-refractivity contribution in [2.45, 2.75) is 13.8 Å². The minimum Gasteiger partial charge on any atom is -0.383 e. The summed E-state index contributed by atoms with van der Waals surface area (Å²) in [6, 6.07) is 31.8. The third-order valence-electron chi connectivity index (χ3n) is 5.84. The van der Waals surface area contributed by atoms with E-state index in [1.807, 2.05) is 111 Å². The number of pyridine rings is 4. The molecule has 2 aromatic carbocycles. The number of benzene rings is 2. The SMILES string of the molecule is Cc1cccc(-c2cc3ccccc3c(N)n2)n1.Cc1cccc(-c2cc3ccccc3c(N)n2)n1.[Cu+]. The molecule has 4 heterocycles. The maximum absolute atomic E-state index is 5.99. The van der Waals surface area contributed by atoms with Gasteiger partial charge in [-0.15, -0.1) is 0 Å². The summed E-state index contributed by atoms with van der Waals surface area (Å²) in [6.07, 6.45) is 0. The third-order valence-corrected chi connectivity index (χ3v) is 5.84. The maximum atomic E-state index is 5.99. The number of aryl methyl sites for hydroxylation is 2. The van der Waals surface area contributed by atoms with Gasteiger partial charge in [0.05, 0.1) is 22.8 Å². The van der Waals surface area contributed by atoms with E-state index in [-0.39, 0.29) is 17.1 Å². The Kier molecular flexibility index (Phi) is 7.77. The van der Waals surface area contributed by atoms with Crippen LogP contribution in [-0.2, 0) is 17.1 Å². The first kappa shape index (κ1) is 25.8. The average Bonchev–Trinajstić information content (AvgIpc) is 2.89. The molecule has 4 N–H and O–H groups in total. The molecule has 6 aromatic rings. The molecule has 186 valence electrons. The monoisotopic (exact) mass is 533 g/mol. The van der Waals surface area contributed by atoms with Crippen LogP contribution >= 0.6 is 0 Å². The van der Waals surface area contributed by atoms with Gasteiger partial charge in [-0.25, -0.2) is 9.97 Å². The Morgan fingerprint density at radius 1 is 0.459 bits per heavy atom. The summed E-state index contributed by atoms with van der Waals surface area (Å²) in [5.74, 6) is 1.10. The summed E-state index contributed by atoms with van der Waals surface area (Å²) in [6.45, 7) is 3.93. The molecule has 0 atom stereocenters. The molecular weight excluding hydrogens is 508 g/mol. The van der Waals surface area contributed by atoms with E-state index in [1.165, 1.54) is 0 Å². The Labute approximate surface area is 226 Å². The van der Waals surface area contributed by atoms with Gasteiger partial charge in [0.15, 0.2) is 0 Å². The van der Waals surface area contributed by atoms with Gasteiger partial charge in [-0.05, 0) is 61.0 Å². The Bertz CT molecular complexity index is 1570. The van der Waals surface area contributed by atoms with Crippen LogP contribution < -0.4 is 11.5 Å². The predicted octanol–water partition coefficient (Wildman–Crippen LogP) is 6.37. The smallest absolute Gasteiger partial charge is 0.383 e. The van der Waals surface area contributed by atoms with E-state index < -0.39 is 0 Å². The number of rotatable bonds is 2. The van der Waals surface area contributed by atoms with E-state index in [0.717, 1.165) is 55.7 Å². The van der Waals surface area contributed by atoms with Crippen LogP contribution in [0.2, 0.25) is 0 Å². The van der Waals surface area contributed by atoms with Gasteiger partial charge in [-0.1, -0.05) is 60.7 Å². The third kappa shape index (κ3) is 5.75. The molecule has 7 heteroatoms. The van der Waals surface area contributed by atoms with Crippen LogP contribution in [-0.4, -0.2) is 19.9 Å². The molecule has 0 saturated carbocycles. The summed E-state index contributed by atoms with van der Waals surface area (Å²) >= 11 is 0. The van der Waals surface area contributed by atoms with Crippen LogP contribution in [0.15, 0.2) is 97.1 Å². The molecule has 0 unspecified atom stereocenters. The fourth-order valence-electron chi connectivity index (χ4n) is 4.09. The van der Waals surface area contributed by atoms with Gasteiger partial charge >= 0.3 is 17.1 Å². The molecule has 0 aliphatic rings. The van der Waals surface area contributed by atoms with E-state index in [2.05, 4.69) is 19.9 Å². The maximum Gasteiger partial charge on any atom is 1.00 e. The average molecular weight is 534 g/mol. The van der Waals surface area contributed by atoms with E-state index in [4.69, 9.17) is 11.5 Å². The number of aromatic nitrogens is 4. The fourth-order valence-corrected chi connectivity index (χ4v) is 4.09. The second kappa shape index (κ2) is 11.2. The number of nitrogen functional groups attached to an aromatic ring is 2. The number of nitrogens with two attached hydrogens (primary N) is 2. The zero-order chi connectivity index (χ0) is 25.1. The van der Waals surface area contributed by atoms with Gasteiger partial charge in [0, 0.05) is 22.2 Å². The van der Waals surface area contributed by atoms with Crippen molar-refractivity contribution in [3.63, 3.8) is 0 Å². The zero-order valence-electron chi connectivity index (χ0n) is 20.5. The summed E-state index contributed by atoms with van der Waals surface area (Å²) < 4.78 is 0. The topological polar surface area (TPSA) is 104 Å². The molecular formula is C30H26CuN6+. The van der Waals surface area contributed by atoms with Crippen molar-refractivity contribution >= 4 is 33.2 Å². The Balaban J connectivity index is 0.000000168. The van der Waals surface area contributed by atoms with Crippen LogP contribution in [0.25, 0.3) is 44.3 Å². The summed E-state index contributed by atoms with van der Waals surface area (Å²) in [5, 5.41) is 4.13. The first-order chi connectivity index (χ1) is 17.5. The molecule has 0 saturated heterocycles. The fraction of sp³-hybridized carbons (Fsp3) is 0.0667. The summed E-state index contributed by atoms with van der Waals surface area (Å²) in [4.78, 5) is 17.8. The van der Waals surface area contributed by atoms with Crippen molar-refractivity contribution in [1.82, 2.24) is 19.9 Å². The molecule has 0 spiro atoms. The first-order valence-electron chi connectivity index (χ1n) is 11.7. The van der Waals surface area contributed by atoms with Gasteiger partial charge in [0.25, 0.3) is 0 Å². The van der Waals surface area contributed by atoms with Gasteiger partial charge in [-0.2, -0.15) is 0 Å². The molecule has 0 radical (unpaired) electrons. The van der Waals surface area contributed by atoms with E-state index >= 15 is 0 Å². The van der Waals surface area contributed by atoms with Crippen molar-refractivity contribution in [3.8, 4) is 22.8 Å². The molecule has 0 amide bonds. The van der Waals surface area contributed by atoms with Crippen molar-refractivity contribution in [2.75, 3.05) is 11.5 Å². The number of anilines is 2. The normalized spacial score (nSPS) is 10.4. The largest absolute Gasteiger partial charge is 1.00 e. The van der Waals surface area contributed by atoms with Crippen LogP contribution in [0.3, 0.4) is 0 Å². The molecule has 6 rings (SSSR count). The van der Waals surface area contributed by atoms with Crippen LogP contribution in [0.5, 0.6) is 0 Å². The van der Waals surface area contributed by atoms with Gasteiger partial charge < -0.3 is 11.5 Å². The van der Waals surface area contributed by atoms with Crippen LogP contribution in [0.4, 0.5) is 11.6 Å². The second-order valence-electron chi connectivity index (χ2n) is 8.56. The van der Waals surface area contributed by atoms with E-state index in [0.29, 0.717) is 11.6 Å². The molecule has 0 aliphatic carbocycles. The minimum absolute atomic E-state index is 0. The molecule has 0 fully saturated rings. The molecule has 6 nitrogen and oxygen atoms in total. The van der Waals surface area contributed by atoms with Crippen LogP contribution in [0.1, 0.15) is 11.4 Å².